The highest BCUT2D eigenvalue weighted by molar-refractivity contribution is 5.91. The Hall–Kier alpha value is -4.50. The molecule has 0 aliphatic rings. The van der Waals surface area contributed by atoms with Gasteiger partial charge in [-0.25, -0.2) is 13.6 Å². The SMILES string of the molecule is CCOc1ccc(C(=O)O)c(Oc2nc(Oc3cccc(-c4cccc(CN)c4)c3)c(F)c(C)c2F)c1. The normalized spacial score (nSPS) is 10.7. The van der Waals surface area contributed by atoms with Gasteiger partial charge in [-0.3, -0.25) is 0 Å². The molecule has 4 aromatic rings. The van der Waals surface area contributed by atoms with E-state index in [4.69, 9.17) is 19.9 Å². The smallest absolute Gasteiger partial charge is 0.339 e. The summed E-state index contributed by atoms with van der Waals surface area (Å²) in [6.07, 6.45) is 0. The fraction of sp³-hybridized carbons (Fsp3) is 0.143. The van der Waals surface area contributed by atoms with E-state index >= 15 is 0 Å². The third-order valence-electron chi connectivity index (χ3n) is 5.48. The first-order chi connectivity index (χ1) is 17.8. The molecule has 9 heteroatoms. The number of nitrogens with zero attached hydrogens (tertiary/aromatic N) is 1. The van der Waals surface area contributed by atoms with Crippen molar-refractivity contribution in [2.45, 2.75) is 20.4 Å². The monoisotopic (exact) mass is 506 g/mol. The zero-order chi connectivity index (χ0) is 26.5. The van der Waals surface area contributed by atoms with Gasteiger partial charge in [0.1, 0.15) is 22.8 Å². The molecule has 0 unspecified atom stereocenters. The lowest BCUT2D eigenvalue weighted by atomic mass is 10.0. The van der Waals surface area contributed by atoms with Gasteiger partial charge in [-0.05, 0) is 60.9 Å². The van der Waals surface area contributed by atoms with E-state index in [0.29, 0.717) is 18.9 Å². The van der Waals surface area contributed by atoms with Crippen LogP contribution in [0.4, 0.5) is 8.78 Å². The van der Waals surface area contributed by atoms with E-state index in [2.05, 4.69) is 4.98 Å². The first-order valence-electron chi connectivity index (χ1n) is 11.4. The largest absolute Gasteiger partial charge is 0.494 e. The summed E-state index contributed by atoms with van der Waals surface area (Å²) in [4.78, 5) is 15.5. The molecule has 0 aliphatic heterocycles. The number of aromatic carboxylic acids is 1. The lowest BCUT2D eigenvalue weighted by Gasteiger charge is -2.14. The number of carboxylic acid groups (broad SMARTS) is 1. The Morgan fingerprint density at radius 3 is 2.27 bits per heavy atom. The zero-order valence-electron chi connectivity index (χ0n) is 20.1. The van der Waals surface area contributed by atoms with Crippen molar-refractivity contribution in [2.24, 2.45) is 5.73 Å². The van der Waals surface area contributed by atoms with E-state index in [1.54, 1.807) is 25.1 Å². The molecule has 0 amide bonds. The van der Waals surface area contributed by atoms with Crippen LogP contribution in [-0.2, 0) is 6.54 Å². The molecule has 3 N–H and O–H groups in total. The predicted octanol–water partition coefficient (Wildman–Crippen LogP) is 6.48. The molecule has 0 spiro atoms. The molecular formula is C28H24F2N2O5. The van der Waals surface area contributed by atoms with E-state index in [-0.39, 0.29) is 17.1 Å². The molecule has 0 saturated heterocycles. The summed E-state index contributed by atoms with van der Waals surface area (Å²) in [5, 5.41) is 9.51. The standard InChI is InChI=1S/C28H24F2N2O5/c1-3-35-20-10-11-22(28(33)34)23(14-20)37-27-25(30)16(2)24(29)26(32-27)36-21-9-5-8-19(13-21)18-7-4-6-17(12-18)15-31/h4-14H,3,15,31H2,1-2H3,(H,33,34). The molecule has 3 aromatic carbocycles. The number of pyridine rings is 1. The van der Waals surface area contributed by atoms with Gasteiger partial charge in [-0.2, -0.15) is 4.98 Å². The number of carboxylic acids is 1. The number of benzene rings is 3. The number of hydrogen-bond acceptors (Lipinski definition) is 6. The molecule has 0 fully saturated rings. The molecule has 0 atom stereocenters. The minimum atomic E-state index is -1.30. The highest BCUT2D eigenvalue weighted by atomic mass is 19.1. The molecule has 0 radical (unpaired) electrons. The van der Waals surface area contributed by atoms with Crippen LogP contribution in [-0.4, -0.2) is 22.7 Å². The average Bonchev–Trinajstić information content (AvgIpc) is 2.90. The second-order valence-electron chi connectivity index (χ2n) is 8.01. The quantitative estimate of drug-likeness (QED) is 0.268. The number of rotatable bonds is 9. The summed E-state index contributed by atoms with van der Waals surface area (Å²) >= 11 is 0. The average molecular weight is 507 g/mol. The number of carbonyl (C=O) groups is 1. The van der Waals surface area contributed by atoms with E-state index < -0.39 is 34.9 Å². The zero-order valence-corrected chi connectivity index (χ0v) is 20.1. The van der Waals surface area contributed by atoms with Crippen LogP contribution in [0.3, 0.4) is 0 Å². The number of hydrogen-bond donors (Lipinski definition) is 2. The Morgan fingerprint density at radius 1 is 0.919 bits per heavy atom. The van der Waals surface area contributed by atoms with Crippen molar-refractivity contribution < 1.29 is 32.9 Å². The second kappa shape index (κ2) is 11.0. The van der Waals surface area contributed by atoms with Crippen LogP contribution >= 0.6 is 0 Å². The summed E-state index contributed by atoms with van der Waals surface area (Å²) in [6, 6.07) is 18.5. The molecule has 7 nitrogen and oxygen atoms in total. The molecule has 190 valence electrons. The highest BCUT2D eigenvalue weighted by Crippen LogP contribution is 2.36. The van der Waals surface area contributed by atoms with E-state index in [9.17, 15) is 18.7 Å². The first-order valence-corrected chi connectivity index (χ1v) is 11.4. The number of halogens is 2. The van der Waals surface area contributed by atoms with Gasteiger partial charge >= 0.3 is 5.97 Å². The maximum atomic E-state index is 15.0. The van der Waals surface area contributed by atoms with Crippen molar-refractivity contribution in [3.63, 3.8) is 0 Å². The Morgan fingerprint density at radius 2 is 1.59 bits per heavy atom. The van der Waals surface area contributed by atoms with Gasteiger partial charge in [0.15, 0.2) is 11.6 Å². The molecule has 0 saturated carbocycles. The van der Waals surface area contributed by atoms with Crippen LogP contribution in [0.5, 0.6) is 29.0 Å². The maximum absolute atomic E-state index is 15.0. The molecule has 0 bridgehead atoms. The summed E-state index contributed by atoms with van der Waals surface area (Å²) in [5.74, 6) is -4.22. The van der Waals surface area contributed by atoms with Crippen LogP contribution in [0, 0.1) is 18.6 Å². The van der Waals surface area contributed by atoms with Crippen molar-refractivity contribution in [3.8, 4) is 40.1 Å². The lowest BCUT2D eigenvalue weighted by Crippen LogP contribution is -2.05. The van der Waals surface area contributed by atoms with Crippen molar-refractivity contribution in [2.75, 3.05) is 6.61 Å². The van der Waals surface area contributed by atoms with Gasteiger partial charge in [-0.15, -0.1) is 0 Å². The van der Waals surface area contributed by atoms with Gasteiger partial charge in [0.25, 0.3) is 11.8 Å². The van der Waals surface area contributed by atoms with E-state index in [1.165, 1.54) is 25.1 Å². The summed E-state index contributed by atoms with van der Waals surface area (Å²) in [7, 11) is 0. The molecule has 1 heterocycles. The van der Waals surface area contributed by atoms with Crippen molar-refractivity contribution in [1.29, 1.82) is 0 Å². The van der Waals surface area contributed by atoms with Gasteiger partial charge in [0, 0.05) is 18.2 Å². The number of aromatic nitrogens is 1. The minimum Gasteiger partial charge on any atom is -0.494 e. The summed E-state index contributed by atoms with van der Waals surface area (Å²) in [5.41, 5.74) is 7.71. The van der Waals surface area contributed by atoms with E-state index in [0.717, 1.165) is 16.7 Å². The van der Waals surface area contributed by atoms with Gasteiger partial charge in [0.05, 0.1) is 6.61 Å². The summed E-state index contributed by atoms with van der Waals surface area (Å²) in [6.45, 7) is 3.66. The van der Waals surface area contributed by atoms with Crippen molar-refractivity contribution in [1.82, 2.24) is 4.98 Å². The summed E-state index contributed by atoms with van der Waals surface area (Å²) < 4.78 is 46.5. The van der Waals surface area contributed by atoms with Gasteiger partial charge < -0.3 is 25.1 Å². The fourth-order valence-electron chi connectivity index (χ4n) is 3.60. The molecular weight excluding hydrogens is 482 g/mol. The number of nitrogens with two attached hydrogens (primary N) is 1. The van der Waals surface area contributed by atoms with Gasteiger partial charge in [0.2, 0.25) is 0 Å². The van der Waals surface area contributed by atoms with Crippen molar-refractivity contribution in [3.05, 3.63) is 95.1 Å². The van der Waals surface area contributed by atoms with Gasteiger partial charge in [-0.1, -0.05) is 30.3 Å². The Balaban J connectivity index is 1.69. The molecule has 4 rings (SSSR count). The van der Waals surface area contributed by atoms with E-state index in [1.807, 2.05) is 30.3 Å². The Labute approximate surface area is 212 Å². The van der Waals surface area contributed by atoms with Crippen LogP contribution in [0.25, 0.3) is 11.1 Å². The minimum absolute atomic E-state index is 0.219. The van der Waals surface area contributed by atoms with Crippen molar-refractivity contribution >= 4 is 5.97 Å². The van der Waals surface area contributed by atoms with Crippen LogP contribution < -0.4 is 19.9 Å². The third-order valence-corrected chi connectivity index (χ3v) is 5.48. The molecule has 1 aromatic heterocycles. The molecule has 0 aliphatic carbocycles. The Bertz CT molecular complexity index is 1460. The first kappa shape index (κ1) is 25.6. The van der Waals surface area contributed by atoms with Crippen LogP contribution in [0.15, 0.2) is 66.7 Å². The topological polar surface area (TPSA) is 104 Å². The maximum Gasteiger partial charge on any atom is 0.339 e. The third kappa shape index (κ3) is 5.68. The molecule has 37 heavy (non-hydrogen) atoms. The Kier molecular flexibility index (Phi) is 7.64. The van der Waals surface area contributed by atoms with Crippen LogP contribution in [0.1, 0.15) is 28.4 Å². The van der Waals surface area contributed by atoms with Crippen LogP contribution in [0.2, 0.25) is 0 Å². The second-order valence-corrected chi connectivity index (χ2v) is 8.01. The fourth-order valence-corrected chi connectivity index (χ4v) is 3.60. The predicted molar refractivity (Wildman–Crippen MR) is 133 cm³/mol. The lowest BCUT2D eigenvalue weighted by molar-refractivity contribution is 0.0694. The number of ether oxygens (including phenoxy) is 3. The highest BCUT2D eigenvalue weighted by Gasteiger charge is 2.23.